The Labute approximate surface area is 123 Å². The van der Waals surface area contributed by atoms with Crippen molar-refractivity contribution in [3.63, 3.8) is 0 Å². The first kappa shape index (κ1) is 15.6. The average Bonchev–Trinajstić information content (AvgIpc) is 2.88. The molecule has 1 unspecified atom stereocenters. The van der Waals surface area contributed by atoms with Crippen molar-refractivity contribution in [1.29, 1.82) is 0 Å². The first-order valence-electron chi connectivity index (χ1n) is 8.20. The van der Waals surface area contributed by atoms with Crippen LogP contribution in [-0.2, 0) is 4.74 Å². The summed E-state index contributed by atoms with van der Waals surface area (Å²) in [4.78, 5) is 4.32. The summed E-state index contributed by atoms with van der Waals surface area (Å²) >= 11 is 0. The van der Waals surface area contributed by atoms with E-state index in [9.17, 15) is 0 Å². The molecular weight excluding hydrogens is 250 g/mol. The molecule has 1 saturated carbocycles. The van der Waals surface area contributed by atoms with Crippen LogP contribution >= 0.6 is 0 Å². The molecule has 4 nitrogen and oxygen atoms in total. The summed E-state index contributed by atoms with van der Waals surface area (Å²) in [6, 6.07) is 0. The van der Waals surface area contributed by atoms with Crippen LogP contribution in [0.4, 0.5) is 0 Å². The number of aliphatic imine (C=N–C) groups is 1. The highest BCUT2D eigenvalue weighted by atomic mass is 16.5. The molecule has 2 fully saturated rings. The van der Waals surface area contributed by atoms with Crippen molar-refractivity contribution in [2.75, 3.05) is 26.7 Å². The molecule has 0 spiro atoms. The van der Waals surface area contributed by atoms with Crippen molar-refractivity contribution in [2.24, 2.45) is 16.8 Å². The molecule has 1 heterocycles. The number of rotatable bonds is 4. The van der Waals surface area contributed by atoms with Gasteiger partial charge >= 0.3 is 0 Å². The maximum atomic E-state index is 5.80. The standard InChI is InChI=1S/C16H31N3O/c1-13-5-7-14(8-6-13)11-18-15(17-3)19-12-16(2)9-4-10-20-16/h13-14H,4-12H2,1-3H3,(H2,17,18,19). The summed E-state index contributed by atoms with van der Waals surface area (Å²) in [6.07, 6.45) is 7.77. The third kappa shape index (κ3) is 4.65. The van der Waals surface area contributed by atoms with E-state index in [2.05, 4.69) is 29.5 Å². The van der Waals surface area contributed by atoms with Gasteiger partial charge in [-0.25, -0.2) is 0 Å². The normalized spacial score (nSPS) is 35.0. The van der Waals surface area contributed by atoms with Crippen LogP contribution in [0.1, 0.15) is 52.4 Å². The Bertz CT molecular complexity index is 316. The second kappa shape index (κ2) is 7.30. The predicted octanol–water partition coefficient (Wildman–Crippen LogP) is 2.55. The topological polar surface area (TPSA) is 45.7 Å². The van der Waals surface area contributed by atoms with Crippen LogP contribution < -0.4 is 10.6 Å². The third-order valence-electron chi connectivity index (χ3n) is 4.85. The van der Waals surface area contributed by atoms with Crippen LogP contribution in [-0.4, -0.2) is 38.3 Å². The van der Waals surface area contributed by atoms with Crippen molar-refractivity contribution in [2.45, 2.75) is 58.0 Å². The van der Waals surface area contributed by atoms with E-state index >= 15 is 0 Å². The van der Waals surface area contributed by atoms with Crippen LogP contribution in [0.3, 0.4) is 0 Å². The SMILES string of the molecule is CN=C(NCC1CCC(C)CC1)NCC1(C)CCCO1. The molecule has 0 aromatic rings. The summed E-state index contributed by atoms with van der Waals surface area (Å²) in [5.41, 5.74) is -0.0160. The van der Waals surface area contributed by atoms with Gasteiger partial charge in [-0.2, -0.15) is 0 Å². The Hall–Kier alpha value is -0.770. The number of guanidine groups is 1. The number of ether oxygens (including phenoxy) is 1. The zero-order chi connectivity index (χ0) is 14.4. The van der Waals surface area contributed by atoms with Gasteiger partial charge in [0.15, 0.2) is 5.96 Å². The molecule has 0 amide bonds. The van der Waals surface area contributed by atoms with E-state index in [4.69, 9.17) is 4.74 Å². The average molecular weight is 281 g/mol. The van der Waals surface area contributed by atoms with Crippen LogP contribution in [0.2, 0.25) is 0 Å². The molecule has 20 heavy (non-hydrogen) atoms. The fourth-order valence-corrected chi connectivity index (χ4v) is 3.24. The van der Waals surface area contributed by atoms with E-state index < -0.39 is 0 Å². The maximum Gasteiger partial charge on any atom is 0.191 e. The number of nitrogens with zero attached hydrogens (tertiary/aromatic N) is 1. The Morgan fingerprint density at radius 3 is 2.60 bits per heavy atom. The van der Waals surface area contributed by atoms with E-state index in [-0.39, 0.29) is 5.60 Å². The summed E-state index contributed by atoms with van der Waals surface area (Å²) in [7, 11) is 1.84. The van der Waals surface area contributed by atoms with Gasteiger partial charge in [0.25, 0.3) is 0 Å². The highest BCUT2D eigenvalue weighted by molar-refractivity contribution is 5.79. The Morgan fingerprint density at radius 2 is 2.00 bits per heavy atom. The van der Waals surface area contributed by atoms with Crippen molar-refractivity contribution in [1.82, 2.24) is 10.6 Å². The molecule has 0 radical (unpaired) electrons. The minimum Gasteiger partial charge on any atom is -0.373 e. The molecule has 1 saturated heterocycles. The lowest BCUT2D eigenvalue weighted by molar-refractivity contribution is 0.0242. The van der Waals surface area contributed by atoms with Crippen molar-refractivity contribution >= 4 is 5.96 Å². The van der Waals surface area contributed by atoms with Gasteiger partial charge in [0.2, 0.25) is 0 Å². The summed E-state index contributed by atoms with van der Waals surface area (Å²) in [5, 5.41) is 6.89. The van der Waals surface area contributed by atoms with Gasteiger partial charge in [-0.3, -0.25) is 4.99 Å². The molecule has 1 aliphatic carbocycles. The lowest BCUT2D eigenvalue weighted by atomic mass is 9.83. The third-order valence-corrected chi connectivity index (χ3v) is 4.85. The molecule has 2 N–H and O–H groups in total. The predicted molar refractivity (Wildman–Crippen MR) is 84.1 cm³/mol. The fourth-order valence-electron chi connectivity index (χ4n) is 3.24. The van der Waals surface area contributed by atoms with E-state index in [1.165, 1.54) is 32.1 Å². The first-order valence-corrected chi connectivity index (χ1v) is 8.20. The molecule has 1 atom stereocenters. The van der Waals surface area contributed by atoms with Crippen LogP contribution in [0, 0.1) is 11.8 Å². The van der Waals surface area contributed by atoms with Crippen molar-refractivity contribution < 1.29 is 4.74 Å². The lowest BCUT2D eigenvalue weighted by Crippen LogP contribution is -2.46. The van der Waals surface area contributed by atoms with Gasteiger partial charge in [0, 0.05) is 26.7 Å². The first-order chi connectivity index (χ1) is 9.61. The molecule has 1 aliphatic heterocycles. The van der Waals surface area contributed by atoms with Gasteiger partial charge in [0.05, 0.1) is 5.60 Å². The zero-order valence-electron chi connectivity index (χ0n) is 13.4. The van der Waals surface area contributed by atoms with Gasteiger partial charge in [-0.15, -0.1) is 0 Å². The molecular formula is C16H31N3O. The van der Waals surface area contributed by atoms with Gasteiger partial charge < -0.3 is 15.4 Å². The minimum atomic E-state index is -0.0160. The van der Waals surface area contributed by atoms with Crippen LogP contribution in [0.25, 0.3) is 0 Å². The van der Waals surface area contributed by atoms with E-state index in [1.807, 2.05) is 7.05 Å². The van der Waals surface area contributed by atoms with E-state index in [0.29, 0.717) is 0 Å². The van der Waals surface area contributed by atoms with Gasteiger partial charge in [-0.05, 0) is 44.4 Å². The smallest absolute Gasteiger partial charge is 0.191 e. The highest BCUT2D eigenvalue weighted by Gasteiger charge is 2.29. The Kier molecular flexibility index (Phi) is 5.70. The molecule has 2 aliphatic rings. The molecule has 2 rings (SSSR count). The zero-order valence-corrected chi connectivity index (χ0v) is 13.4. The molecule has 116 valence electrons. The second-order valence-electron chi connectivity index (χ2n) is 6.83. The lowest BCUT2D eigenvalue weighted by Gasteiger charge is -2.28. The molecule has 4 heteroatoms. The molecule has 0 bridgehead atoms. The van der Waals surface area contributed by atoms with E-state index in [1.54, 1.807) is 0 Å². The van der Waals surface area contributed by atoms with Crippen molar-refractivity contribution in [3.8, 4) is 0 Å². The number of hydrogen-bond donors (Lipinski definition) is 2. The minimum absolute atomic E-state index is 0.0160. The van der Waals surface area contributed by atoms with Crippen molar-refractivity contribution in [3.05, 3.63) is 0 Å². The van der Waals surface area contributed by atoms with Gasteiger partial charge in [-0.1, -0.05) is 19.8 Å². The molecule has 0 aromatic carbocycles. The van der Waals surface area contributed by atoms with Gasteiger partial charge in [0.1, 0.15) is 0 Å². The Morgan fingerprint density at radius 1 is 1.25 bits per heavy atom. The second-order valence-corrected chi connectivity index (χ2v) is 6.83. The maximum absolute atomic E-state index is 5.80. The fraction of sp³-hybridized carbons (Fsp3) is 0.938. The van der Waals surface area contributed by atoms with Crippen LogP contribution in [0.5, 0.6) is 0 Å². The van der Waals surface area contributed by atoms with Crippen LogP contribution in [0.15, 0.2) is 4.99 Å². The number of hydrogen-bond acceptors (Lipinski definition) is 2. The highest BCUT2D eigenvalue weighted by Crippen LogP contribution is 2.27. The summed E-state index contributed by atoms with van der Waals surface area (Å²) in [5.74, 6) is 2.64. The largest absolute Gasteiger partial charge is 0.373 e. The quantitative estimate of drug-likeness (QED) is 0.615. The summed E-state index contributed by atoms with van der Waals surface area (Å²) < 4.78 is 5.80. The van der Waals surface area contributed by atoms with E-state index in [0.717, 1.165) is 43.9 Å². The summed E-state index contributed by atoms with van der Waals surface area (Å²) in [6.45, 7) is 7.33. The monoisotopic (exact) mass is 281 g/mol. The molecule has 0 aromatic heterocycles. The number of nitrogens with one attached hydrogen (secondary N) is 2. The Balaban J connectivity index is 1.67.